The van der Waals surface area contributed by atoms with E-state index in [2.05, 4.69) is 27.9 Å². The second-order valence-corrected chi connectivity index (χ2v) is 5.47. The molecule has 2 aromatic rings. The van der Waals surface area contributed by atoms with Crippen LogP contribution in [0.5, 0.6) is 6.01 Å². The average Bonchev–Trinajstić information content (AvgIpc) is 2.55. The fourth-order valence-electron chi connectivity index (χ4n) is 3.03. The third-order valence-corrected chi connectivity index (χ3v) is 4.10. The number of nitriles is 1. The lowest BCUT2D eigenvalue weighted by atomic mass is 9.82. The number of fused-ring (bicyclic) bond motifs is 1. The molecule has 0 radical (unpaired) electrons. The maximum Gasteiger partial charge on any atom is 0.316 e. The summed E-state index contributed by atoms with van der Waals surface area (Å²) in [6.07, 6.45) is 6.39. The lowest BCUT2D eigenvalue weighted by molar-refractivity contribution is 0.380. The molecule has 6 heteroatoms. The number of nitrogens with zero attached hydrogens (tertiary/aromatic N) is 4. The van der Waals surface area contributed by atoms with Crippen LogP contribution in [0.2, 0.25) is 0 Å². The van der Waals surface area contributed by atoms with Gasteiger partial charge in [-0.05, 0) is 30.7 Å². The van der Waals surface area contributed by atoms with E-state index >= 15 is 0 Å². The van der Waals surface area contributed by atoms with E-state index in [0.29, 0.717) is 17.5 Å². The molecule has 1 aliphatic rings. The van der Waals surface area contributed by atoms with Crippen molar-refractivity contribution in [3.05, 3.63) is 29.2 Å². The molecule has 1 atom stereocenters. The minimum Gasteiger partial charge on any atom is -0.467 e. The molecule has 0 amide bonds. The molecule has 2 heterocycles. The molecule has 6 nitrogen and oxygen atoms in total. The maximum absolute atomic E-state index is 9.49. The molecule has 0 saturated heterocycles. The van der Waals surface area contributed by atoms with Gasteiger partial charge in [0.05, 0.1) is 7.11 Å². The van der Waals surface area contributed by atoms with E-state index in [0.717, 1.165) is 41.6 Å². The van der Waals surface area contributed by atoms with Gasteiger partial charge in [0, 0.05) is 29.2 Å². The van der Waals surface area contributed by atoms with E-state index < -0.39 is 0 Å². The van der Waals surface area contributed by atoms with E-state index in [-0.39, 0.29) is 5.82 Å². The highest BCUT2D eigenvalue weighted by molar-refractivity contribution is 5.78. The van der Waals surface area contributed by atoms with Gasteiger partial charge in [0.15, 0.2) is 0 Å². The van der Waals surface area contributed by atoms with Gasteiger partial charge in [-0.3, -0.25) is 0 Å². The Balaban J connectivity index is 2.26. The summed E-state index contributed by atoms with van der Waals surface area (Å²) in [4.78, 5) is 12.8. The number of anilines is 1. The molecule has 3 rings (SSSR count). The van der Waals surface area contributed by atoms with Crippen LogP contribution in [-0.4, -0.2) is 22.1 Å². The first-order valence-corrected chi connectivity index (χ1v) is 7.24. The van der Waals surface area contributed by atoms with Crippen molar-refractivity contribution in [2.45, 2.75) is 32.1 Å². The van der Waals surface area contributed by atoms with Crippen LogP contribution in [0.25, 0.3) is 11.1 Å². The highest BCUT2D eigenvalue weighted by Crippen LogP contribution is 2.39. The van der Waals surface area contributed by atoms with E-state index in [9.17, 15) is 5.26 Å². The second kappa shape index (κ2) is 5.60. The van der Waals surface area contributed by atoms with Crippen LogP contribution >= 0.6 is 0 Å². The van der Waals surface area contributed by atoms with Gasteiger partial charge in [0.25, 0.3) is 0 Å². The molecule has 0 unspecified atom stereocenters. The maximum atomic E-state index is 9.49. The summed E-state index contributed by atoms with van der Waals surface area (Å²) in [5.41, 5.74) is 10.1. The molecule has 0 aliphatic heterocycles. The number of pyridine rings is 1. The van der Waals surface area contributed by atoms with Crippen LogP contribution in [-0.2, 0) is 6.42 Å². The van der Waals surface area contributed by atoms with Crippen molar-refractivity contribution >= 4 is 5.82 Å². The van der Waals surface area contributed by atoms with Gasteiger partial charge in [-0.1, -0.05) is 6.92 Å². The predicted molar refractivity (Wildman–Crippen MR) is 82.3 cm³/mol. The van der Waals surface area contributed by atoms with Crippen molar-refractivity contribution in [1.29, 1.82) is 5.26 Å². The van der Waals surface area contributed by atoms with Crippen LogP contribution in [0.3, 0.4) is 0 Å². The predicted octanol–water partition coefficient (Wildman–Crippen LogP) is 2.44. The Labute approximate surface area is 129 Å². The topological polar surface area (TPSA) is 97.7 Å². The minimum absolute atomic E-state index is 0.279. The number of rotatable bonds is 2. The van der Waals surface area contributed by atoms with Crippen molar-refractivity contribution < 1.29 is 4.74 Å². The zero-order chi connectivity index (χ0) is 15.7. The van der Waals surface area contributed by atoms with E-state index in [1.807, 2.05) is 0 Å². The highest BCUT2D eigenvalue weighted by atomic mass is 16.5. The molecule has 0 saturated carbocycles. The van der Waals surface area contributed by atoms with Crippen molar-refractivity contribution in [3.8, 4) is 23.2 Å². The molecule has 2 aromatic heterocycles. The number of methoxy groups -OCH3 is 1. The molecule has 0 fully saturated rings. The van der Waals surface area contributed by atoms with Gasteiger partial charge >= 0.3 is 6.01 Å². The number of nitrogen functional groups attached to an aromatic ring is 1. The van der Waals surface area contributed by atoms with Crippen LogP contribution in [0.1, 0.15) is 42.5 Å². The minimum atomic E-state index is 0.279. The average molecular weight is 295 g/mol. The SMILES string of the molecule is COc1ncc(-c2c(C#N)c(N)nc3c2CCC[C@@H]3C)cn1. The van der Waals surface area contributed by atoms with E-state index in [1.165, 1.54) is 7.11 Å². The summed E-state index contributed by atoms with van der Waals surface area (Å²) in [6.45, 7) is 2.14. The van der Waals surface area contributed by atoms with Gasteiger partial charge in [0.2, 0.25) is 0 Å². The van der Waals surface area contributed by atoms with Crippen molar-refractivity contribution in [3.63, 3.8) is 0 Å². The van der Waals surface area contributed by atoms with Crippen LogP contribution in [0, 0.1) is 11.3 Å². The summed E-state index contributed by atoms with van der Waals surface area (Å²) in [6, 6.07) is 2.48. The molecule has 112 valence electrons. The first-order valence-electron chi connectivity index (χ1n) is 7.24. The largest absolute Gasteiger partial charge is 0.467 e. The fourth-order valence-corrected chi connectivity index (χ4v) is 3.03. The zero-order valence-electron chi connectivity index (χ0n) is 12.6. The molecular weight excluding hydrogens is 278 g/mol. The lowest BCUT2D eigenvalue weighted by Crippen LogP contribution is -2.14. The molecule has 1 aliphatic carbocycles. The summed E-state index contributed by atoms with van der Waals surface area (Å²) in [7, 11) is 1.52. The van der Waals surface area contributed by atoms with Gasteiger partial charge < -0.3 is 10.5 Å². The van der Waals surface area contributed by atoms with Crippen LogP contribution in [0.4, 0.5) is 5.82 Å². The molecule has 2 N–H and O–H groups in total. The Morgan fingerprint density at radius 1 is 1.36 bits per heavy atom. The van der Waals surface area contributed by atoms with Gasteiger partial charge in [-0.2, -0.15) is 5.26 Å². The van der Waals surface area contributed by atoms with Crippen molar-refractivity contribution in [2.24, 2.45) is 0 Å². The number of nitrogens with two attached hydrogens (primary N) is 1. The molecule has 22 heavy (non-hydrogen) atoms. The number of aromatic nitrogens is 3. The van der Waals surface area contributed by atoms with Gasteiger partial charge in [-0.25, -0.2) is 15.0 Å². The third-order valence-electron chi connectivity index (χ3n) is 4.10. The van der Waals surface area contributed by atoms with Crippen molar-refractivity contribution in [1.82, 2.24) is 15.0 Å². The quantitative estimate of drug-likeness (QED) is 0.913. The number of ether oxygens (including phenoxy) is 1. The number of hydrogen-bond donors (Lipinski definition) is 1. The van der Waals surface area contributed by atoms with Gasteiger partial charge in [-0.15, -0.1) is 0 Å². The normalized spacial score (nSPS) is 16.7. The summed E-state index contributed by atoms with van der Waals surface area (Å²) in [5, 5.41) is 9.49. The van der Waals surface area contributed by atoms with Crippen LogP contribution in [0.15, 0.2) is 12.4 Å². The van der Waals surface area contributed by atoms with E-state index in [1.54, 1.807) is 12.4 Å². The summed E-state index contributed by atoms with van der Waals surface area (Å²) < 4.78 is 4.99. The Bertz CT molecular complexity index is 749. The molecule has 0 spiro atoms. The Kier molecular flexibility index (Phi) is 3.63. The zero-order valence-corrected chi connectivity index (χ0v) is 12.6. The van der Waals surface area contributed by atoms with Crippen molar-refractivity contribution in [2.75, 3.05) is 12.8 Å². The van der Waals surface area contributed by atoms with Crippen LogP contribution < -0.4 is 10.5 Å². The third kappa shape index (κ3) is 2.25. The van der Waals surface area contributed by atoms with Gasteiger partial charge in [0.1, 0.15) is 17.5 Å². The Hall–Kier alpha value is -2.68. The molecule has 0 bridgehead atoms. The van der Waals surface area contributed by atoms with E-state index in [4.69, 9.17) is 10.5 Å². The standard InChI is InChI=1S/C16H17N5O/c1-9-4-3-5-11-13(10-7-19-16(22-2)20-8-10)12(6-17)15(18)21-14(9)11/h7-9H,3-5H2,1-2H3,(H2,18,21)/t9-/m0/s1. The highest BCUT2D eigenvalue weighted by Gasteiger charge is 2.26. The number of hydrogen-bond acceptors (Lipinski definition) is 6. The monoisotopic (exact) mass is 295 g/mol. The summed E-state index contributed by atoms with van der Waals surface area (Å²) >= 11 is 0. The first-order chi connectivity index (χ1) is 10.7. The summed E-state index contributed by atoms with van der Waals surface area (Å²) in [5.74, 6) is 0.623. The molecular formula is C16H17N5O. The second-order valence-electron chi connectivity index (χ2n) is 5.47. The first kappa shape index (κ1) is 14.3. The smallest absolute Gasteiger partial charge is 0.316 e. The fraction of sp³-hybridized carbons (Fsp3) is 0.375. The lowest BCUT2D eigenvalue weighted by Gasteiger charge is -2.25. The Morgan fingerprint density at radius 3 is 2.73 bits per heavy atom. The Morgan fingerprint density at radius 2 is 2.09 bits per heavy atom. The molecule has 0 aromatic carbocycles.